The maximum atomic E-state index is 13.1. The van der Waals surface area contributed by atoms with Crippen molar-refractivity contribution in [3.05, 3.63) is 64.5 Å². The number of anilines is 1. The third-order valence-electron chi connectivity index (χ3n) is 3.69. The number of hydrogen-bond donors (Lipinski definition) is 3. The van der Waals surface area contributed by atoms with E-state index in [1.165, 1.54) is 12.1 Å². The van der Waals surface area contributed by atoms with Crippen LogP contribution in [0.25, 0.3) is 0 Å². The SMILES string of the molecule is Cc1cc(C)c(NC(=O)CNC(=O)NCc2cccc(F)c2)c(C)c1. The summed E-state index contributed by atoms with van der Waals surface area (Å²) in [5.41, 5.74) is 4.48. The normalized spacial score (nSPS) is 10.2. The minimum atomic E-state index is -0.489. The molecule has 0 fully saturated rings. The van der Waals surface area contributed by atoms with Crippen molar-refractivity contribution in [2.75, 3.05) is 11.9 Å². The van der Waals surface area contributed by atoms with Crippen LogP contribution in [0.3, 0.4) is 0 Å². The van der Waals surface area contributed by atoms with Crippen LogP contribution in [0.5, 0.6) is 0 Å². The number of halogens is 1. The average molecular weight is 343 g/mol. The molecule has 6 heteroatoms. The van der Waals surface area contributed by atoms with E-state index >= 15 is 0 Å². The fourth-order valence-corrected chi connectivity index (χ4v) is 2.61. The fourth-order valence-electron chi connectivity index (χ4n) is 2.61. The number of rotatable bonds is 5. The van der Waals surface area contributed by atoms with Gasteiger partial charge >= 0.3 is 6.03 Å². The highest BCUT2D eigenvalue weighted by molar-refractivity contribution is 5.95. The molecule has 2 aromatic rings. The summed E-state index contributed by atoms with van der Waals surface area (Å²) in [7, 11) is 0. The summed E-state index contributed by atoms with van der Waals surface area (Å²) in [5.74, 6) is -0.668. The van der Waals surface area contributed by atoms with Gasteiger partial charge in [0.25, 0.3) is 0 Å². The summed E-state index contributed by atoms with van der Waals surface area (Å²) in [6.07, 6.45) is 0. The summed E-state index contributed by atoms with van der Waals surface area (Å²) >= 11 is 0. The van der Waals surface area contributed by atoms with Crippen molar-refractivity contribution < 1.29 is 14.0 Å². The van der Waals surface area contributed by atoms with Gasteiger partial charge in [-0.25, -0.2) is 9.18 Å². The Morgan fingerprint density at radius 2 is 1.68 bits per heavy atom. The van der Waals surface area contributed by atoms with Crippen LogP contribution in [-0.4, -0.2) is 18.5 Å². The van der Waals surface area contributed by atoms with Crippen LogP contribution in [-0.2, 0) is 11.3 Å². The Balaban J connectivity index is 1.81. The molecule has 0 spiro atoms. The molecule has 5 nitrogen and oxygen atoms in total. The molecule has 0 aliphatic heterocycles. The molecule has 25 heavy (non-hydrogen) atoms. The third-order valence-corrected chi connectivity index (χ3v) is 3.69. The van der Waals surface area contributed by atoms with Crippen LogP contribution >= 0.6 is 0 Å². The highest BCUT2D eigenvalue weighted by atomic mass is 19.1. The van der Waals surface area contributed by atoms with Gasteiger partial charge in [0.05, 0.1) is 6.54 Å². The van der Waals surface area contributed by atoms with E-state index in [2.05, 4.69) is 16.0 Å². The van der Waals surface area contributed by atoms with Gasteiger partial charge in [0.2, 0.25) is 5.91 Å². The predicted octanol–water partition coefficient (Wildman–Crippen LogP) is 3.19. The molecule has 0 aromatic heterocycles. The number of nitrogens with one attached hydrogen (secondary N) is 3. The van der Waals surface area contributed by atoms with E-state index < -0.39 is 6.03 Å². The molecule has 0 atom stereocenters. The lowest BCUT2D eigenvalue weighted by Crippen LogP contribution is -2.39. The van der Waals surface area contributed by atoms with Crippen LogP contribution < -0.4 is 16.0 Å². The van der Waals surface area contributed by atoms with Crippen LogP contribution in [0.4, 0.5) is 14.9 Å². The lowest BCUT2D eigenvalue weighted by atomic mass is 10.1. The van der Waals surface area contributed by atoms with Crippen LogP contribution in [0, 0.1) is 26.6 Å². The number of hydrogen-bond acceptors (Lipinski definition) is 2. The number of carbonyl (C=O) groups excluding carboxylic acids is 2. The molecule has 0 saturated carbocycles. The zero-order chi connectivity index (χ0) is 18.4. The lowest BCUT2D eigenvalue weighted by Gasteiger charge is -2.13. The van der Waals surface area contributed by atoms with Crippen molar-refractivity contribution >= 4 is 17.6 Å². The van der Waals surface area contributed by atoms with Crippen LogP contribution in [0.15, 0.2) is 36.4 Å². The van der Waals surface area contributed by atoms with Gasteiger partial charge in [-0.1, -0.05) is 29.8 Å². The van der Waals surface area contributed by atoms with E-state index in [1.807, 2.05) is 32.9 Å². The Kier molecular flexibility index (Phi) is 6.11. The first-order chi connectivity index (χ1) is 11.8. The molecule has 132 valence electrons. The van der Waals surface area contributed by atoms with E-state index in [4.69, 9.17) is 0 Å². The van der Waals surface area contributed by atoms with Crippen LogP contribution in [0.1, 0.15) is 22.3 Å². The first kappa shape index (κ1) is 18.4. The van der Waals surface area contributed by atoms with Gasteiger partial charge in [0, 0.05) is 12.2 Å². The van der Waals surface area contributed by atoms with Crippen molar-refractivity contribution in [1.29, 1.82) is 0 Å². The summed E-state index contributed by atoms with van der Waals surface area (Å²) in [5, 5.41) is 7.87. The topological polar surface area (TPSA) is 70.2 Å². The van der Waals surface area contributed by atoms with Gasteiger partial charge in [-0.2, -0.15) is 0 Å². The molecule has 3 amide bonds. The number of carbonyl (C=O) groups is 2. The van der Waals surface area contributed by atoms with Gasteiger partial charge in [-0.05, 0) is 49.6 Å². The zero-order valence-electron chi connectivity index (χ0n) is 14.6. The van der Waals surface area contributed by atoms with Gasteiger partial charge in [0.15, 0.2) is 0 Å². The molecule has 0 heterocycles. The quantitative estimate of drug-likeness (QED) is 0.780. The van der Waals surface area contributed by atoms with Gasteiger partial charge in [-0.3, -0.25) is 4.79 Å². The second-order valence-corrected chi connectivity index (χ2v) is 5.99. The zero-order valence-corrected chi connectivity index (χ0v) is 14.6. The monoisotopic (exact) mass is 343 g/mol. The number of urea groups is 1. The molecule has 0 aliphatic carbocycles. The first-order valence-corrected chi connectivity index (χ1v) is 7.99. The van der Waals surface area contributed by atoms with E-state index in [-0.39, 0.29) is 24.8 Å². The Labute approximate surface area is 146 Å². The Hall–Kier alpha value is -2.89. The maximum absolute atomic E-state index is 13.1. The van der Waals surface area contributed by atoms with Crippen molar-refractivity contribution in [2.45, 2.75) is 27.3 Å². The number of amides is 3. The summed E-state index contributed by atoms with van der Waals surface area (Å²) in [6, 6.07) is 9.45. The molecule has 0 bridgehead atoms. The molecule has 0 aliphatic rings. The van der Waals surface area contributed by atoms with Gasteiger partial charge in [-0.15, -0.1) is 0 Å². The molecule has 3 N–H and O–H groups in total. The summed E-state index contributed by atoms with van der Waals surface area (Å²) < 4.78 is 13.1. The molecular weight excluding hydrogens is 321 g/mol. The summed E-state index contributed by atoms with van der Waals surface area (Å²) in [6.45, 7) is 5.88. The highest BCUT2D eigenvalue weighted by Gasteiger charge is 2.09. The van der Waals surface area contributed by atoms with Gasteiger partial charge in [0.1, 0.15) is 5.82 Å². The molecule has 0 saturated heterocycles. The van der Waals surface area contributed by atoms with Crippen molar-refractivity contribution in [3.63, 3.8) is 0 Å². The van der Waals surface area contributed by atoms with E-state index in [0.29, 0.717) is 5.56 Å². The Morgan fingerprint density at radius 1 is 1.00 bits per heavy atom. The second-order valence-electron chi connectivity index (χ2n) is 5.99. The maximum Gasteiger partial charge on any atom is 0.315 e. The van der Waals surface area contributed by atoms with E-state index in [0.717, 1.165) is 22.4 Å². The minimum Gasteiger partial charge on any atom is -0.334 e. The molecule has 0 unspecified atom stereocenters. The molecule has 0 radical (unpaired) electrons. The standard InChI is InChI=1S/C19H22FN3O2/c1-12-7-13(2)18(14(3)8-12)23-17(24)11-22-19(25)21-10-15-5-4-6-16(20)9-15/h4-9H,10-11H2,1-3H3,(H,23,24)(H2,21,22,25). The third kappa shape index (κ3) is 5.60. The molecular formula is C19H22FN3O2. The van der Waals surface area contributed by atoms with Crippen LogP contribution in [0.2, 0.25) is 0 Å². The smallest absolute Gasteiger partial charge is 0.315 e. The Bertz CT molecular complexity index is 767. The average Bonchev–Trinajstić information content (AvgIpc) is 2.54. The summed E-state index contributed by atoms with van der Waals surface area (Å²) in [4.78, 5) is 23.8. The van der Waals surface area contributed by atoms with Crippen molar-refractivity contribution in [2.24, 2.45) is 0 Å². The number of aryl methyl sites for hydroxylation is 3. The minimum absolute atomic E-state index is 0.151. The number of benzene rings is 2. The van der Waals surface area contributed by atoms with E-state index in [9.17, 15) is 14.0 Å². The molecule has 2 rings (SSSR count). The Morgan fingerprint density at radius 3 is 2.32 bits per heavy atom. The fraction of sp³-hybridized carbons (Fsp3) is 0.263. The van der Waals surface area contributed by atoms with E-state index in [1.54, 1.807) is 12.1 Å². The first-order valence-electron chi connectivity index (χ1n) is 7.99. The second kappa shape index (κ2) is 8.28. The van der Waals surface area contributed by atoms with Crippen molar-refractivity contribution in [3.8, 4) is 0 Å². The predicted molar refractivity (Wildman–Crippen MR) is 95.9 cm³/mol. The highest BCUT2D eigenvalue weighted by Crippen LogP contribution is 2.21. The lowest BCUT2D eigenvalue weighted by molar-refractivity contribution is -0.115. The largest absolute Gasteiger partial charge is 0.334 e. The molecule has 2 aromatic carbocycles. The van der Waals surface area contributed by atoms with Gasteiger partial charge < -0.3 is 16.0 Å². The van der Waals surface area contributed by atoms with Crippen molar-refractivity contribution in [1.82, 2.24) is 10.6 Å².